The van der Waals surface area contributed by atoms with Crippen molar-refractivity contribution in [1.82, 2.24) is 9.80 Å². The summed E-state index contributed by atoms with van der Waals surface area (Å²) in [6.07, 6.45) is 0. The Hall–Kier alpha value is -3.21. The van der Waals surface area contributed by atoms with Gasteiger partial charge in [0.1, 0.15) is 5.58 Å². The Morgan fingerprint density at radius 2 is 1.42 bits per heavy atom. The molecule has 0 saturated carbocycles. The van der Waals surface area contributed by atoms with Crippen molar-refractivity contribution in [3.63, 3.8) is 0 Å². The first-order valence-corrected chi connectivity index (χ1v) is 11.7. The molecule has 2 heterocycles. The molecule has 0 N–H and O–H groups in total. The Kier molecular flexibility index (Phi) is 6.12. The number of rotatable bonds is 5. The van der Waals surface area contributed by atoms with Gasteiger partial charge in [0, 0.05) is 44.2 Å². The van der Waals surface area contributed by atoms with E-state index < -0.39 is 0 Å². The van der Waals surface area contributed by atoms with Crippen LogP contribution in [0.1, 0.15) is 33.9 Å². The van der Waals surface area contributed by atoms with Gasteiger partial charge in [-0.3, -0.25) is 9.80 Å². The van der Waals surface area contributed by atoms with Gasteiger partial charge in [-0.05, 0) is 41.7 Å². The third-order valence-corrected chi connectivity index (χ3v) is 6.91. The molecule has 3 aromatic carbocycles. The lowest BCUT2D eigenvalue weighted by atomic mass is 9.96. The van der Waals surface area contributed by atoms with Crippen LogP contribution >= 0.6 is 0 Å². The van der Waals surface area contributed by atoms with Crippen molar-refractivity contribution in [3.8, 4) is 0 Å². The summed E-state index contributed by atoms with van der Waals surface area (Å²) < 4.78 is 5.57. The molecule has 0 aliphatic carbocycles. The van der Waals surface area contributed by atoms with Crippen molar-refractivity contribution in [1.29, 1.82) is 0 Å². The van der Waals surface area contributed by atoms with E-state index in [1.807, 2.05) is 6.92 Å². The number of hydrogen-bond acceptors (Lipinski definition) is 4. The van der Waals surface area contributed by atoms with Gasteiger partial charge >= 0.3 is 5.63 Å². The highest BCUT2D eigenvalue weighted by Gasteiger charge is 2.26. The second-order valence-corrected chi connectivity index (χ2v) is 9.01. The standard InChI is InChI=1S/C29H30N2O2/c1-21-13-14-26-25(19-27(32)33-29(26)22(21)2)20-30-15-17-31(18-16-30)28(23-9-5-3-6-10-23)24-11-7-4-8-12-24/h3-14,19,28H,15-18,20H2,1-2H3. The van der Waals surface area contributed by atoms with E-state index in [9.17, 15) is 4.79 Å². The molecule has 0 unspecified atom stereocenters. The quantitative estimate of drug-likeness (QED) is 0.395. The van der Waals surface area contributed by atoms with Gasteiger partial charge in [-0.15, -0.1) is 0 Å². The minimum atomic E-state index is -0.266. The van der Waals surface area contributed by atoms with Crippen LogP contribution < -0.4 is 5.63 Å². The van der Waals surface area contributed by atoms with Gasteiger partial charge in [-0.2, -0.15) is 0 Å². The van der Waals surface area contributed by atoms with Crippen molar-refractivity contribution in [3.05, 3.63) is 117 Å². The zero-order valence-corrected chi connectivity index (χ0v) is 19.3. The second kappa shape index (κ2) is 9.34. The number of hydrogen-bond donors (Lipinski definition) is 0. The highest BCUT2D eigenvalue weighted by atomic mass is 16.4. The summed E-state index contributed by atoms with van der Waals surface area (Å²) in [5.41, 5.74) is 6.36. The van der Waals surface area contributed by atoms with Crippen LogP contribution in [0.4, 0.5) is 0 Å². The number of aryl methyl sites for hydroxylation is 2. The smallest absolute Gasteiger partial charge is 0.336 e. The Morgan fingerprint density at radius 1 is 0.818 bits per heavy atom. The third kappa shape index (κ3) is 4.50. The van der Waals surface area contributed by atoms with Crippen molar-refractivity contribution in [2.75, 3.05) is 26.2 Å². The molecule has 0 amide bonds. The molecule has 1 fully saturated rings. The molecule has 5 rings (SSSR count). The lowest BCUT2D eigenvalue weighted by Gasteiger charge is -2.40. The summed E-state index contributed by atoms with van der Waals surface area (Å²) >= 11 is 0. The molecule has 33 heavy (non-hydrogen) atoms. The van der Waals surface area contributed by atoms with Gasteiger partial charge in [0.2, 0.25) is 0 Å². The van der Waals surface area contributed by atoms with Gasteiger partial charge in [-0.25, -0.2) is 4.79 Å². The summed E-state index contributed by atoms with van der Waals surface area (Å²) in [6, 6.07) is 27.7. The van der Waals surface area contributed by atoms with Gasteiger partial charge < -0.3 is 4.42 Å². The number of piperazine rings is 1. The fraction of sp³-hybridized carbons (Fsp3) is 0.276. The monoisotopic (exact) mass is 438 g/mol. The van der Waals surface area contributed by atoms with Gasteiger partial charge in [0.25, 0.3) is 0 Å². The maximum absolute atomic E-state index is 12.3. The summed E-state index contributed by atoms with van der Waals surface area (Å²) in [5.74, 6) is 0. The molecule has 1 aliphatic rings. The average molecular weight is 439 g/mol. The van der Waals surface area contributed by atoms with Crippen LogP contribution in [0.5, 0.6) is 0 Å². The van der Waals surface area contributed by atoms with Crippen LogP contribution in [0.15, 0.2) is 88.1 Å². The predicted molar refractivity (Wildman–Crippen MR) is 134 cm³/mol. The van der Waals surface area contributed by atoms with Gasteiger partial charge in [-0.1, -0.05) is 72.8 Å². The first kappa shape index (κ1) is 21.6. The summed E-state index contributed by atoms with van der Waals surface area (Å²) in [4.78, 5) is 17.3. The number of nitrogens with zero attached hydrogens (tertiary/aromatic N) is 2. The maximum Gasteiger partial charge on any atom is 0.336 e. The number of fused-ring (bicyclic) bond motifs is 1. The van der Waals surface area contributed by atoms with Gasteiger partial charge in [0.05, 0.1) is 6.04 Å². The Labute approximate surface area is 195 Å². The first-order chi connectivity index (χ1) is 16.1. The van der Waals surface area contributed by atoms with Crippen molar-refractivity contribution in [2.45, 2.75) is 26.4 Å². The molecule has 0 atom stereocenters. The molecular formula is C29H30N2O2. The van der Waals surface area contributed by atoms with Crippen molar-refractivity contribution < 1.29 is 4.42 Å². The lowest BCUT2D eigenvalue weighted by molar-refractivity contribution is 0.105. The highest BCUT2D eigenvalue weighted by Crippen LogP contribution is 2.30. The largest absolute Gasteiger partial charge is 0.422 e. The molecule has 1 aromatic heterocycles. The van der Waals surface area contributed by atoms with E-state index in [1.165, 1.54) is 11.1 Å². The normalized spacial score (nSPS) is 15.4. The molecule has 4 heteroatoms. The van der Waals surface area contributed by atoms with Crippen LogP contribution in [0.3, 0.4) is 0 Å². The SMILES string of the molecule is Cc1ccc2c(CN3CCN(C(c4ccccc4)c4ccccc4)CC3)cc(=O)oc2c1C. The third-order valence-electron chi connectivity index (χ3n) is 6.91. The molecule has 0 bridgehead atoms. The molecule has 0 radical (unpaired) electrons. The van der Waals surface area contributed by atoms with Crippen LogP contribution in [-0.2, 0) is 6.54 Å². The summed E-state index contributed by atoms with van der Waals surface area (Å²) in [6.45, 7) is 8.72. The fourth-order valence-electron chi connectivity index (χ4n) is 4.96. The van der Waals surface area contributed by atoms with E-state index in [4.69, 9.17) is 4.42 Å². The van der Waals surface area contributed by atoms with E-state index >= 15 is 0 Å². The molecular weight excluding hydrogens is 408 g/mol. The Balaban J connectivity index is 1.36. The topological polar surface area (TPSA) is 36.7 Å². The highest BCUT2D eigenvalue weighted by molar-refractivity contribution is 5.83. The maximum atomic E-state index is 12.3. The van der Waals surface area contributed by atoms with E-state index in [2.05, 4.69) is 89.5 Å². The van der Waals surface area contributed by atoms with E-state index in [0.717, 1.165) is 60.4 Å². The van der Waals surface area contributed by atoms with Crippen LogP contribution in [-0.4, -0.2) is 36.0 Å². The molecule has 4 aromatic rings. The van der Waals surface area contributed by atoms with Crippen LogP contribution in [0.2, 0.25) is 0 Å². The molecule has 1 aliphatic heterocycles. The van der Waals surface area contributed by atoms with Crippen LogP contribution in [0.25, 0.3) is 11.0 Å². The fourth-order valence-corrected chi connectivity index (χ4v) is 4.96. The van der Waals surface area contributed by atoms with Crippen molar-refractivity contribution >= 4 is 11.0 Å². The van der Waals surface area contributed by atoms with E-state index in [1.54, 1.807) is 6.07 Å². The van der Waals surface area contributed by atoms with Crippen molar-refractivity contribution in [2.24, 2.45) is 0 Å². The first-order valence-electron chi connectivity index (χ1n) is 11.7. The second-order valence-electron chi connectivity index (χ2n) is 9.01. The van der Waals surface area contributed by atoms with E-state index in [-0.39, 0.29) is 11.7 Å². The minimum Gasteiger partial charge on any atom is -0.422 e. The Bertz CT molecular complexity index is 1250. The lowest BCUT2D eigenvalue weighted by Crippen LogP contribution is -2.47. The molecule has 1 saturated heterocycles. The zero-order valence-electron chi connectivity index (χ0n) is 19.3. The Morgan fingerprint density at radius 3 is 2.03 bits per heavy atom. The predicted octanol–water partition coefficient (Wildman–Crippen LogP) is 5.32. The average Bonchev–Trinajstić information content (AvgIpc) is 2.84. The summed E-state index contributed by atoms with van der Waals surface area (Å²) in [5, 5.41) is 1.05. The molecule has 168 valence electrons. The molecule has 0 spiro atoms. The van der Waals surface area contributed by atoms with Gasteiger partial charge in [0.15, 0.2) is 0 Å². The number of benzene rings is 3. The van der Waals surface area contributed by atoms with Crippen LogP contribution in [0, 0.1) is 13.8 Å². The zero-order chi connectivity index (χ0) is 22.8. The summed E-state index contributed by atoms with van der Waals surface area (Å²) in [7, 11) is 0. The van der Waals surface area contributed by atoms with E-state index in [0.29, 0.717) is 0 Å². The molecule has 4 nitrogen and oxygen atoms in total. The minimum absolute atomic E-state index is 0.254.